The summed E-state index contributed by atoms with van der Waals surface area (Å²) in [6, 6.07) is 0.446. The first kappa shape index (κ1) is 10.5. The molecule has 0 aromatic carbocycles. The van der Waals surface area contributed by atoms with Crippen LogP contribution in [0.1, 0.15) is 13.8 Å². The molecule has 13 heavy (non-hydrogen) atoms. The van der Waals surface area contributed by atoms with Crippen molar-refractivity contribution in [2.75, 3.05) is 32.7 Å². The van der Waals surface area contributed by atoms with Crippen molar-refractivity contribution in [2.45, 2.75) is 19.9 Å². The molecular weight excluding hydrogens is 166 g/mol. The number of nitrogens with zero attached hydrogens (tertiary/aromatic N) is 2. The molecule has 0 bridgehead atoms. The summed E-state index contributed by atoms with van der Waals surface area (Å²) in [5.74, 6) is 0.180. The molecule has 1 fully saturated rings. The molecule has 0 spiro atoms. The van der Waals surface area contributed by atoms with Gasteiger partial charge >= 0.3 is 0 Å². The summed E-state index contributed by atoms with van der Waals surface area (Å²) in [5.41, 5.74) is 5.49. The van der Waals surface area contributed by atoms with Crippen LogP contribution in [0.5, 0.6) is 0 Å². The maximum absolute atomic E-state index is 11.1. The maximum atomic E-state index is 11.1. The average molecular weight is 185 g/mol. The Balaban J connectivity index is 2.41. The highest BCUT2D eigenvalue weighted by atomic mass is 16.2. The zero-order valence-electron chi connectivity index (χ0n) is 8.49. The Bertz CT molecular complexity index is 184. The summed E-state index contributed by atoms with van der Waals surface area (Å²) in [7, 11) is 0. The molecule has 1 aliphatic heterocycles. The van der Waals surface area contributed by atoms with Crippen LogP contribution in [0.25, 0.3) is 0 Å². The molecule has 0 saturated carbocycles. The third kappa shape index (κ3) is 2.67. The van der Waals surface area contributed by atoms with E-state index in [0.29, 0.717) is 12.6 Å². The van der Waals surface area contributed by atoms with Gasteiger partial charge in [0.05, 0.1) is 0 Å². The normalized spacial score (nSPS) is 24.8. The van der Waals surface area contributed by atoms with Gasteiger partial charge in [-0.3, -0.25) is 9.69 Å². The fourth-order valence-electron chi connectivity index (χ4n) is 1.78. The number of carbonyl (C=O) groups is 1. The van der Waals surface area contributed by atoms with Crippen molar-refractivity contribution in [2.24, 2.45) is 5.73 Å². The van der Waals surface area contributed by atoms with Crippen molar-refractivity contribution in [1.29, 1.82) is 0 Å². The number of hydrogen-bond donors (Lipinski definition) is 1. The molecule has 1 heterocycles. The zero-order valence-corrected chi connectivity index (χ0v) is 8.49. The van der Waals surface area contributed by atoms with Crippen LogP contribution in [0.15, 0.2) is 0 Å². The Hall–Kier alpha value is -0.610. The molecule has 4 heteroatoms. The number of piperazine rings is 1. The van der Waals surface area contributed by atoms with E-state index in [-0.39, 0.29) is 5.91 Å². The van der Waals surface area contributed by atoms with Crippen LogP contribution in [0.4, 0.5) is 0 Å². The van der Waals surface area contributed by atoms with E-state index in [0.717, 1.165) is 26.2 Å². The molecule has 0 aromatic rings. The summed E-state index contributed by atoms with van der Waals surface area (Å²) in [6.07, 6.45) is 0. The molecule has 0 unspecified atom stereocenters. The minimum absolute atomic E-state index is 0.180. The van der Waals surface area contributed by atoms with Crippen molar-refractivity contribution in [3.8, 4) is 0 Å². The van der Waals surface area contributed by atoms with Gasteiger partial charge in [-0.05, 0) is 6.92 Å². The van der Waals surface area contributed by atoms with E-state index in [2.05, 4.69) is 11.8 Å². The predicted molar refractivity (Wildman–Crippen MR) is 52.3 cm³/mol. The molecule has 1 aliphatic rings. The number of hydrogen-bond acceptors (Lipinski definition) is 3. The standard InChI is InChI=1S/C9H19N3O/c1-8-7-12(9(2)13)6-5-11(8)4-3-10/h8H,3-7,10H2,1-2H3/t8-/m1/s1. The molecule has 76 valence electrons. The lowest BCUT2D eigenvalue weighted by molar-refractivity contribution is -0.131. The molecule has 4 nitrogen and oxygen atoms in total. The highest BCUT2D eigenvalue weighted by Crippen LogP contribution is 2.08. The molecule has 1 atom stereocenters. The largest absolute Gasteiger partial charge is 0.340 e. The van der Waals surface area contributed by atoms with Gasteiger partial charge in [0, 0.05) is 45.7 Å². The fraction of sp³-hybridized carbons (Fsp3) is 0.889. The predicted octanol–water partition coefficient (Wildman–Crippen LogP) is -0.502. The van der Waals surface area contributed by atoms with Crippen LogP contribution in [-0.4, -0.2) is 54.5 Å². The number of carbonyl (C=O) groups excluding carboxylic acids is 1. The Morgan fingerprint density at radius 2 is 2.23 bits per heavy atom. The van der Waals surface area contributed by atoms with Crippen LogP contribution in [0, 0.1) is 0 Å². The summed E-state index contributed by atoms with van der Waals surface area (Å²) in [4.78, 5) is 15.3. The Morgan fingerprint density at radius 1 is 1.54 bits per heavy atom. The molecule has 1 amide bonds. The molecule has 1 saturated heterocycles. The average Bonchev–Trinajstić information content (AvgIpc) is 2.08. The second kappa shape index (κ2) is 4.58. The van der Waals surface area contributed by atoms with Crippen LogP contribution in [0.2, 0.25) is 0 Å². The highest BCUT2D eigenvalue weighted by Gasteiger charge is 2.23. The molecular formula is C9H19N3O. The van der Waals surface area contributed by atoms with Gasteiger partial charge in [-0.15, -0.1) is 0 Å². The van der Waals surface area contributed by atoms with E-state index in [1.54, 1.807) is 6.92 Å². The van der Waals surface area contributed by atoms with E-state index in [1.807, 2.05) is 4.90 Å². The zero-order chi connectivity index (χ0) is 9.84. The fourth-order valence-corrected chi connectivity index (χ4v) is 1.78. The Morgan fingerprint density at radius 3 is 2.69 bits per heavy atom. The molecule has 0 aliphatic carbocycles. The molecule has 0 radical (unpaired) electrons. The topological polar surface area (TPSA) is 49.6 Å². The number of amides is 1. The first-order chi connectivity index (χ1) is 6.15. The Kier molecular flexibility index (Phi) is 3.69. The van der Waals surface area contributed by atoms with Gasteiger partial charge in [0.15, 0.2) is 0 Å². The quantitative estimate of drug-likeness (QED) is 0.631. The third-order valence-electron chi connectivity index (χ3n) is 2.63. The summed E-state index contributed by atoms with van der Waals surface area (Å²) in [5, 5.41) is 0. The molecule has 2 N–H and O–H groups in total. The van der Waals surface area contributed by atoms with Crippen LogP contribution >= 0.6 is 0 Å². The van der Waals surface area contributed by atoms with E-state index >= 15 is 0 Å². The van der Waals surface area contributed by atoms with Gasteiger partial charge in [0.25, 0.3) is 0 Å². The SMILES string of the molecule is CC(=O)N1CCN(CCN)[C@H](C)C1. The van der Waals surface area contributed by atoms with Crippen molar-refractivity contribution in [3.05, 3.63) is 0 Å². The number of nitrogens with two attached hydrogens (primary N) is 1. The van der Waals surface area contributed by atoms with Gasteiger partial charge < -0.3 is 10.6 Å². The summed E-state index contributed by atoms with van der Waals surface area (Å²) >= 11 is 0. The molecule has 0 aromatic heterocycles. The van der Waals surface area contributed by atoms with Crippen LogP contribution in [0.3, 0.4) is 0 Å². The first-order valence-corrected chi connectivity index (χ1v) is 4.84. The Labute approximate surface area is 79.7 Å². The van der Waals surface area contributed by atoms with Gasteiger partial charge in [0.1, 0.15) is 0 Å². The lowest BCUT2D eigenvalue weighted by atomic mass is 10.2. The number of rotatable bonds is 2. The molecule has 1 rings (SSSR count). The van der Waals surface area contributed by atoms with E-state index in [4.69, 9.17) is 5.73 Å². The summed E-state index contributed by atoms with van der Waals surface area (Å²) < 4.78 is 0. The summed E-state index contributed by atoms with van der Waals surface area (Å²) in [6.45, 7) is 8.06. The first-order valence-electron chi connectivity index (χ1n) is 4.84. The minimum Gasteiger partial charge on any atom is -0.340 e. The van der Waals surface area contributed by atoms with Crippen molar-refractivity contribution < 1.29 is 4.79 Å². The van der Waals surface area contributed by atoms with Gasteiger partial charge in [-0.25, -0.2) is 0 Å². The van der Waals surface area contributed by atoms with Crippen molar-refractivity contribution in [3.63, 3.8) is 0 Å². The minimum atomic E-state index is 0.180. The second-order valence-electron chi connectivity index (χ2n) is 3.64. The van der Waals surface area contributed by atoms with Crippen LogP contribution in [-0.2, 0) is 4.79 Å². The third-order valence-corrected chi connectivity index (χ3v) is 2.63. The lowest BCUT2D eigenvalue weighted by Gasteiger charge is -2.39. The van der Waals surface area contributed by atoms with Gasteiger partial charge in [-0.2, -0.15) is 0 Å². The maximum Gasteiger partial charge on any atom is 0.219 e. The van der Waals surface area contributed by atoms with E-state index in [1.165, 1.54) is 0 Å². The highest BCUT2D eigenvalue weighted by molar-refractivity contribution is 5.73. The second-order valence-corrected chi connectivity index (χ2v) is 3.64. The van der Waals surface area contributed by atoms with Gasteiger partial charge in [-0.1, -0.05) is 0 Å². The smallest absolute Gasteiger partial charge is 0.219 e. The van der Waals surface area contributed by atoms with Crippen LogP contribution < -0.4 is 5.73 Å². The van der Waals surface area contributed by atoms with Crippen molar-refractivity contribution in [1.82, 2.24) is 9.80 Å². The van der Waals surface area contributed by atoms with E-state index in [9.17, 15) is 4.79 Å². The lowest BCUT2D eigenvalue weighted by Crippen LogP contribution is -2.54. The van der Waals surface area contributed by atoms with E-state index < -0.39 is 0 Å². The van der Waals surface area contributed by atoms with Crippen molar-refractivity contribution >= 4 is 5.91 Å². The van der Waals surface area contributed by atoms with Gasteiger partial charge in [0.2, 0.25) is 5.91 Å². The monoisotopic (exact) mass is 185 g/mol.